The number of morpholine rings is 1. The van der Waals surface area contributed by atoms with Crippen LogP contribution in [0.1, 0.15) is 13.8 Å². The van der Waals surface area contributed by atoms with Crippen LogP contribution in [-0.4, -0.2) is 55.5 Å². The van der Waals surface area contributed by atoms with Gasteiger partial charge in [-0.05, 0) is 13.8 Å². The van der Waals surface area contributed by atoms with E-state index in [0.717, 1.165) is 0 Å². The Morgan fingerprint density at radius 2 is 2.21 bits per heavy atom. The van der Waals surface area contributed by atoms with Gasteiger partial charge < -0.3 is 9.84 Å². The Bertz CT molecular complexity index is 275. The first-order valence-electron chi connectivity index (χ1n) is 4.70. The molecule has 1 aliphatic rings. The zero-order valence-electron chi connectivity index (χ0n) is 8.51. The summed E-state index contributed by atoms with van der Waals surface area (Å²) in [5.41, 5.74) is 0. The Hall–Kier alpha value is -0.170. The smallest absolute Gasteiger partial charge is 0.216 e. The van der Waals surface area contributed by atoms with Crippen molar-refractivity contribution in [1.82, 2.24) is 4.31 Å². The van der Waals surface area contributed by atoms with Crippen molar-refractivity contribution in [3.8, 4) is 0 Å². The molecule has 0 bridgehead atoms. The van der Waals surface area contributed by atoms with Crippen LogP contribution in [0.2, 0.25) is 0 Å². The number of ether oxygens (including phenoxy) is 1. The van der Waals surface area contributed by atoms with E-state index < -0.39 is 15.3 Å². The number of hydrogen-bond donors (Lipinski definition) is 1. The Morgan fingerprint density at radius 1 is 1.57 bits per heavy atom. The first-order chi connectivity index (χ1) is 6.48. The third kappa shape index (κ3) is 2.44. The molecule has 0 aromatic rings. The molecule has 0 amide bonds. The van der Waals surface area contributed by atoms with E-state index in [0.29, 0.717) is 13.2 Å². The molecule has 1 N–H and O–H groups in total. The van der Waals surface area contributed by atoms with Crippen LogP contribution in [0.4, 0.5) is 0 Å². The number of sulfonamides is 1. The predicted molar refractivity (Wildman–Crippen MR) is 52.5 cm³/mol. The molecule has 6 heteroatoms. The molecule has 14 heavy (non-hydrogen) atoms. The van der Waals surface area contributed by atoms with Gasteiger partial charge in [0.05, 0.1) is 24.6 Å². The highest BCUT2D eigenvalue weighted by Crippen LogP contribution is 2.13. The number of aliphatic hydroxyl groups excluding tert-OH is 1. The van der Waals surface area contributed by atoms with Crippen LogP contribution >= 0.6 is 0 Å². The van der Waals surface area contributed by atoms with E-state index in [2.05, 4.69) is 0 Å². The van der Waals surface area contributed by atoms with E-state index in [-0.39, 0.29) is 19.3 Å². The Kier molecular flexibility index (Phi) is 3.88. The van der Waals surface area contributed by atoms with Gasteiger partial charge in [0.25, 0.3) is 0 Å². The Balaban J connectivity index is 2.69. The van der Waals surface area contributed by atoms with Crippen LogP contribution in [0, 0.1) is 0 Å². The molecule has 1 saturated heterocycles. The van der Waals surface area contributed by atoms with Crippen molar-refractivity contribution >= 4 is 10.0 Å². The normalized spacial score (nSPS) is 25.6. The third-order valence-corrected chi connectivity index (χ3v) is 4.50. The average molecular weight is 223 g/mol. The summed E-state index contributed by atoms with van der Waals surface area (Å²) in [6.45, 7) is 4.17. The van der Waals surface area contributed by atoms with Crippen molar-refractivity contribution in [3.05, 3.63) is 0 Å². The van der Waals surface area contributed by atoms with Gasteiger partial charge in [-0.1, -0.05) is 0 Å². The second kappa shape index (κ2) is 4.57. The summed E-state index contributed by atoms with van der Waals surface area (Å²) in [5.74, 6) is 0. The van der Waals surface area contributed by atoms with Gasteiger partial charge in [-0.3, -0.25) is 0 Å². The molecule has 5 nitrogen and oxygen atoms in total. The van der Waals surface area contributed by atoms with E-state index in [1.54, 1.807) is 13.8 Å². The maximum Gasteiger partial charge on any atom is 0.216 e. The Morgan fingerprint density at radius 3 is 2.71 bits per heavy atom. The first-order valence-corrected chi connectivity index (χ1v) is 6.20. The zero-order valence-corrected chi connectivity index (χ0v) is 9.33. The molecule has 0 aromatic carbocycles. The minimum atomic E-state index is -3.20. The summed E-state index contributed by atoms with van der Waals surface area (Å²) in [6, 6.07) is 0. The highest BCUT2D eigenvalue weighted by atomic mass is 32.2. The molecule has 1 aliphatic heterocycles. The van der Waals surface area contributed by atoms with Gasteiger partial charge in [-0.25, -0.2) is 8.42 Å². The lowest BCUT2D eigenvalue weighted by Gasteiger charge is -2.32. The van der Waals surface area contributed by atoms with Crippen LogP contribution < -0.4 is 0 Å². The maximum atomic E-state index is 11.7. The molecular weight excluding hydrogens is 206 g/mol. The van der Waals surface area contributed by atoms with Gasteiger partial charge in [0.15, 0.2) is 0 Å². The second-order valence-electron chi connectivity index (χ2n) is 3.63. The van der Waals surface area contributed by atoms with Crippen LogP contribution in [0.25, 0.3) is 0 Å². The SMILES string of the molecule is CC(C)S(=O)(=O)N1CCOC(CO)C1. The monoisotopic (exact) mass is 223 g/mol. The van der Waals surface area contributed by atoms with E-state index in [9.17, 15) is 8.42 Å². The standard InChI is InChI=1S/C8H17NO4S/c1-7(2)14(11,12)9-3-4-13-8(5-9)6-10/h7-8,10H,3-6H2,1-2H3. The molecule has 1 rings (SSSR count). The molecule has 0 aliphatic carbocycles. The van der Waals surface area contributed by atoms with E-state index in [4.69, 9.17) is 9.84 Å². The molecule has 1 heterocycles. The lowest BCUT2D eigenvalue weighted by molar-refractivity contribution is -0.0306. The maximum absolute atomic E-state index is 11.7. The summed E-state index contributed by atoms with van der Waals surface area (Å²) in [6.07, 6.45) is -0.378. The first kappa shape index (κ1) is 11.9. The molecule has 0 spiro atoms. The van der Waals surface area contributed by atoms with Gasteiger partial charge >= 0.3 is 0 Å². The zero-order chi connectivity index (χ0) is 10.8. The van der Waals surface area contributed by atoms with Crippen LogP contribution in [0.3, 0.4) is 0 Å². The van der Waals surface area contributed by atoms with Crippen molar-refractivity contribution in [2.24, 2.45) is 0 Å². The van der Waals surface area contributed by atoms with Gasteiger partial charge in [0, 0.05) is 13.1 Å². The van der Waals surface area contributed by atoms with Gasteiger partial charge in [-0.2, -0.15) is 4.31 Å². The largest absolute Gasteiger partial charge is 0.394 e. The molecule has 84 valence electrons. The Labute approximate surface area is 84.7 Å². The van der Waals surface area contributed by atoms with Crippen LogP contribution in [0.15, 0.2) is 0 Å². The molecule has 1 atom stereocenters. The van der Waals surface area contributed by atoms with Crippen molar-refractivity contribution in [3.63, 3.8) is 0 Å². The summed E-state index contributed by atoms with van der Waals surface area (Å²) in [7, 11) is -3.20. The van der Waals surface area contributed by atoms with Crippen molar-refractivity contribution in [2.45, 2.75) is 25.2 Å². The summed E-state index contributed by atoms with van der Waals surface area (Å²) in [5, 5.41) is 8.45. The molecule has 1 unspecified atom stereocenters. The van der Waals surface area contributed by atoms with Crippen LogP contribution in [-0.2, 0) is 14.8 Å². The second-order valence-corrected chi connectivity index (χ2v) is 6.12. The highest BCUT2D eigenvalue weighted by molar-refractivity contribution is 7.89. The molecule has 1 fully saturated rings. The fourth-order valence-electron chi connectivity index (χ4n) is 1.33. The minimum Gasteiger partial charge on any atom is -0.394 e. The minimum absolute atomic E-state index is 0.135. The van der Waals surface area contributed by atoms with E-state index in [1.165, 1.54) is 4.31 Å². The lowest BCUT2D eigenvalue weighted by Crippen LogP contribution is -2.48. The van der Waals surface area contributed by atoms with Crippen molar-refractivity contribution < 1.29 is 18.3 Å². The fourth-order valence-corrected chi connectivity index (χ4v) is 2.63. The van der Waals surface area contributed by atoms with E-state index in [1.807, 2.05) is 0 Å². The van der Waals surface area contributed by atoms with Crippen LogP contribution in [0.5, 0.6) is 0 Å². The molecule has 0 saturated carbocycles. The summed E-state index contributed by atoms with van der Waals surface area (Å²) >= 11 is 0. The molecule has 0 radical (unpaired) electrons. The molecular formula is C8H17NO4S. The quantitative estimate of drug-likeness (QED) is 0.695. The third-order valence-electron chi connectivity index (χ3n) is 2.26. The highest BCUT2D eigenvalue weighted by Gasteiger charge is 2.30. The van der Waals surface area contributed by atoms with Gasteiger partial charge in [0.2, 0.25) is 10.0 Å². The number of nitrogens with zero attached hydrogens (tertiary/aromatic N) is 1. The topological polar surface area (TPSA) is 66.8 Å². The van der Waals surface area contributed by atoms with E-state index >= 15 is 0 Å². The number of hydrogen-bond acceptors (Lipinski definition) is 4. The number of aliphatic hydroxyl groups is 1. The average Bonchev–Trinajstić information content (AvgIpc) is 2.17. The molecule has 0 aromatic heterocycles. The summed E-state index contributed by atoms with van der Waals surface area (Å²) < 4.78 is 30.0. The predicted octanol–water partition coefficient (Wildman–Crippen LogP) is -0.582. The van der Waals surface area contributed by atoms with Gasteiger partial charge in [-0.15, -0.1) is 0 Å². The van der Waals surface area contributed by atoms with Gasteiger partial charge in [0.1, 0.15) is 0 Å². The summed E-state index contributed by atoms with van der Waals surface area (Å²) in [4.78, 5) is 0. The van der Waals surface area contributed by atoms with Crippen molar-refractivity contribution in [2.75, 3.05) is 26.3 Å². The fraction of sp³-hybridized carbons (Fsp3) is 1.00. The van der Waals surface area contributed by atoms with Crippen molar-refractivity contribution in [1.29, 1.82) is 0 Å². The number of rotatable bonds is 3. The lowest BCUT2D eigenvalue weighted by atomic mass is 10.3.